The lowest BCUT2D eigenvalue weighted by atomic mass is 10.1. The number of fused-ring (bicyclic) bond motifs is 2. The highest BCUT2D eigenvalue weighted by molar-refractivity contribution is 7.89. The molecule has 2 aliphatic heterocycles. The fourth-order valence-corrected chi connectivity index (χ4v) is 5.65. The van der Waals surface area contributed by atoms with Crippen LogP contribution in [0.5, 0.6) is 11.5 Å². The Balaban J connectivity index is 1.27. The summed E-state index contributed by atoms with van der Waals surface area (Å²) in [6.45, 7) is 8.82. The molecule has 0 saturated carbocycles. The Kier molecular flexibility index (Phi) is 6.71. The van der Waals surface area contributed by atoms with Crippen molar-refractivity contribution in [1.82, 2.24) is 23.7 Å². The van der Waals surface area contributed by atoms with Gasteiger partial charge in [0, 0.05) is 53.4 Å². The van der Waals surface area contributed by atoms with E-state index in [1.54, 1.807) is 26.2 Å². The van der Waals surface area contributed by atoms with Gasteiger partial charge in [-0.25, -0.2) is 17.7 Å². The largest absolute Gasteiger partial charge is 0.454 e. The number of hydrogen-bond donors (Lipinski definition) is 0. The number of aromatic nitrogens is 2. The fourth-order valence-electron chi connectivity index (χ4n) is 4.73. The van der Waals surface area contributed by atoms with E-state index in [-0.39, 0.29) is 4.90 Å². The first-order valence-electron chi connectivity index (χ1n) is 12.1. The molecule has 188 valence electrons. The van der Waals surface area contributed by atoms with E-state index in [0.29, 0.717) is 6.79 Å². The molecule has 1 fully saturated rings. The maximum atomic E-state index is 12.6. The molecule has 9 nitrogen and oxygen atoms in total. The van der Waals surface area contributed by atoms with Crippen molar-refractivity contribution in [2.45, 2.75) is 37.9 Å². The highest BCUT2D eigenvalue weighted by Gasteiger charge is 2.23. The molecule has 0 unspecified atom stereocenters. The van der Waals surface area contributed by atoms with E-state index >= 15 is 0 Å². The number of piperazine rings is 1. The Morgan fingerprint density at radius 2 is 1.66 bits per heavy atom. The van der Waals surface area contributed by atoms with E-state index in [1.165, 1.54) is 9.87 Å². The van der Waals surface area contributed by atoms with Crippen LogP contribution in [0.1, 0.15) is 24.7 Å². The molecule has 0 aliphatic carbocycles. The van der Waals surface area contributed by atoms with E-state index in [2.05, 4.69) is 33.4 Å². The second-order valence-electron chi connectivity index (χ2n) is 9.36. The second kappa shape index (κ2) is 9.77. The first-order chi connectivity index (χ1) is 16.8. The minimum absolute atomic E-state index is 0.278. The molecule has 2 aliphatic rings. The molecule has 3 aromatic rings. The van der Waals surface area contributed by atoms with Crippen molar-refractivity contribution in [1.29, 1.82) is 0 Å². The molecule has 1 aromatic heterocycles. The Hall–Kier alpha value is -2.66. The molecule has 0 amide bonds. The molecular formula is C25H33N5O4S. The van der Waals surface area contributed by atoms with E-state index in [1.807, 2.05) is 12.1 Å². The van der Waals surface area contributed by atoms with Gasteiger partial charge < -0.3 is 14.0 Å². The summed E-state index contributed by atoms with van der Waals surface area (Å²) in [4.78, 5) is 10.0. The second-order valence-corrected chi connectivity index (χ2v) is 11.5. The van der Waals surface area contributed by atoms with Crippen LogP contribution in [0, 0.1) is 0 Å². The normalized spacial score (nSPS) is 17.0. The molecule has 0 bridgehead atoms. The van der Waals surface area contributed by atoms with Gasteiger partial charge in [0.05, 0.1) is 22.5 Å². The molecule has 0 radical (unpaired) electrons. The number of benzene rings is 2. The summed E-state index contributed by atoms with van der Waals surface area (Å²) < 4.78 is 39.6. The lowest BCUT2D eigenvalue weighted by molar-refractivity contribution is 0.119. The topological polar surface area (TPSA) is 80.1 Å². The zero-order chi connectivity index (χ0) is 24.6. The summed E-state index contributed by atoms with van der Waals surface area (Å²) in [7, 11) is -0.397. The van der Waals surface area contributed by atoms with Crippen LogP contribution in [-0.4, -0.2) is 79.1 Å². The van der Waals surface area contributed by atoms with Crippen LogP contribution in [0.25, 0.3) is 11.0 Å². The van der Waals surface area contributed by atoms with Crippen LogP contribution in [0.2, 0.25) is 0 Å². The molecule has 35 heavy (non-hydrogen) atoms. The molecule has 3 heterocycles. The van der Waals surface area contributed by atoms with Gasteiger partial charge in [0.1, 0.15) is 5.82 Å². The Morgan fingerprint density at radius 1 is 0.943 bits per heavy atom. The quantitative estimate of drug-likeness (QED) is 0.472. The highest BCUT2D eigenvalue weighted by Crippen LogP contribution is 2.33. The number of rotatable bonds is 8. The third-order valence-corrected chi connectivity index (χ3v) is 8.51. The summed E-state index contributed by atoms with van der Waals surface area (Å²) in [5.41, 5.74) is 2.95. The molecule has 0 N–H and O–H groups in total. The third kappa shape index (κ3) is 4.88. The van der Waals surface area contributed by atoms with Crippen molar-refractivity contribution < 1.29 is 17.9 Å². The average molecular weight is 500 g/mol. The zero-order valence-corrected chi connectivity index (χ0v) is 21.4. The van der Waals surface area contributed by atoms with Crippen molar-refractivity contribution in [2.75, 3.05) is 47.1 Å². The summed E-state index contributed by atoms with van der Waals surface area (Å²) in [6.07, 6.45) is 0.986. The van der Waals surface area contributed by atoms with Crippen molar-refractivity contribution in [3.8, 4) is 11.5 Å². The minimum Gasteiger partial charge on any atom is -0.454 e. The molecule has 5 rings (SSSR count). The molecule has 0 spiro atoms. The summed E-state index contributed by atoms with van der Waals surface area (Å²) >= 11 is 0. The first kappa shape index (κ1) is 24.1. The van der Waals surface area contributed by atoms with Crippen LogP contribution >= 0.6 is 0 Å². The summed E-state index contributed by atoms with van der Waals surface area (Å²) in [5, 5.41) is 0. The number of ether oxygens (including phenoxy) is 2. The van der Waals surface area contributed by atoms with E-state index in [9.17, 15) is 8.42 Å². The van der Waals surface area contributed by atoms with Gasteiger partial charge in [0.15, 0.2) is 11.5 Å². The Bertz CT molecular complexity index is 1310. The van der Waals surface area contributed by atoms with Gasteiger partial charge in [-0.05, 0) is 42.3 Å². The van der Waals surface area contributed by atoms with E-state index in [4.69, 9.17) is 14.5 Å². The van der Waals surface area contributed by atoms with E-state index < -0.39 is 10.0 Å². The molecule has 1 saturated heterocycles. The van der Waals surface area contributed by atoms with Crippen LogP contribution < -0.4 is 9.47 Å². The number of hydrogen-bond acceptors (Lipinski definition) is 7. The first-order valence-corrected chi connectivity index (χ1v) is 13.5. The molecule has 10 heteroatoms. The maximum absolute atomic E-state index is 12.6. The Labute approximate surface area is 206 Å². The standard InChI is InChI=1S/C25H33N5O4S/c1-4-9-30-22-7-6-20(35(31,32)27(2)3)15-21(22)26-25(30)17-29-12-10-28(11-13-29)16-19-5-8-23-24(14-19)34-18-33-23/h5-8,14-15H,4,9-13,16-18H2,1-3H3. The lowest BCUT2D eigenvalue weighted by Gasteiger charge is -2.34. The third-order valence-electron chi connectivity index (χ3n) is 6.70. The van der Waals surface area contributed by atoms with Gasteiger partial charge in [0.25, 0.3) is 0 Å². The van der Waals surface area contributed by atoms with E-state index in [0.717, 1.165) is 80.6 Å². The van der Waals surface area contributed by atoms with Gasteiger partial charge in [0.2, 0.25) is 16.8 Å². The molecule has 0 atom stereocenters. The maximum Gasteiger partial charge on any atom is 0.242 e. The predicted molar refractivity (Wildman–Crippen MR) is 134 cm³/mol. The number of aryl methyl sites for hydroxylation is 1. The van der Waals surface area contributed by atoms with Crippen LogP contribution in [0.3, 0.4) is 0 Å². The number of imidazole rings is 1. The van der Waals surface area contributed by atoms with Crippen LogP contribution in [0.4, 0.5) is 0 Å². The van der Waals surface area contributed by atoms with Gasteiger partial charge in [-0.2, -0.15) is 0 Å². The van der Waals surface area contributed by atoms with Gasteiger partial charge in [-0.3, -0.25) is 9.80 Å². The SMILES string of the molecule is CCCn1c(CN2CCN(Cc3ccc4c(c3)OCO4)CC2)nc2cc(S(=O)(=O)N(C)C)ccc21. The Morgan fingerprint density at radius 3 is 2.37 bits per heavy atom. The summed E-state index contributed by atoms with van der Waals surface area (Å²) in [6, 6.07) is 11.4. The van der Waals surface area contributed by atoms with Gasteiger partial charge in [-0.1, -0.05) is 13.0 Å². The fraction of sp³-hybridized carbons (Fsp3) is 0.480. The van der Waals surface area contributed by atoms with Crippen LogP contribution in [0.15, 0.2) is 41.3 Å². The molecule has 2 aromatic carbocycles. The van der Waals surface area contributed by atoms with Crippen molar-refractivity contribution >= 4 is 21.1 Å². The highest BCUT2D eigenvalue weighted by atomic mass is 32.2. The van der Waals surface area contributed by atoms with Crippen molar-refractivity contribution in [3.63, 3.8) is 0 Å². The van der Waals surface area contributed by atoms with Crippen molar-refractivity contribution in [2.24, 2.45) is 0 Å². The van der Waals surface area contributed by atoms with Gasteiger partial charge in [-0.15, -0.1) is 0 Å². The zero-order valence-electron chi connectivity index (χ0n) is 20.6. The van der Waals surface area contributed by atoms with Gasteiger partial charge >= 0.3 is 0 Å². The lowest BCUT2D eigenvalue weighted by Crippen LogP contribution is -2.45. The smallest absolute Gasteiger partial charge is 0.242 e. The van der Waals surface area contributed by atoms with Crippen LogP contribution in [-0.2, 0) is 29.7 Å². The predicted octanol–water partition coefficient (Wildman–Crippen LogP) is 2.74. The molecular weight excluding hydrogens is 466 g/mol. The van der Waals surface area contributed by atoms with Crippen molar-refractivity contribution in [3.05, 3.63) is 47.8 Å². The number of sulfonamides is 1. The monoisotopic (exact) mass is 499 g/mol. The summed E-state index contributed by atoms with van der Waals surface area (Å²) in [5.74, 6) is 2.64. The minimum atomic E-state index is -3.49. The number of nitrogens with zero attached hydrogens (tertiary/aromatic N) is 5. The average Bonchev–Trinajstić information content (AvgIpc) is 3.44.